The van der Waals surface area contributed by atoms with Gasteiger partial charge in [-0.1, -0.05) is 6.92 Å². The van der Waals surface area contributed by atoms with Crippen LogP contribution in [0.2, 0.25) is 0 Å². The molecule has 2 aromatic rings. The number of hydrogen-bond acceptors (Lipinski definition) is 5. The fourth-order valence-electron chi connectivity index (χ4n) is 3.24. The number of halogens is 1. The Balaban J connectivity index is 1.49. The van der Waals surface area contributed by atoms with Crippen molar-refractivity contribution >= 4 is 27.1 Å². The molecule has 1 aromatic heterocycles. The summed E-state index contributed by atoms with van der Waals surface area (Å²) >= 11 is 0. The van der Waals surface area contributed by atoms with Gasteiger partial charge in [-0.3, -0.25) is 0 Å². The van der Waals surface area contributed by atoms with E-state index in [-0.39, 0.29) is 17.1 Å². The van der Waals surface area contributed by atoms with Crippen molar-refractivity contribution in [1.82, 2.24) is 9.71 Å². The number of oxazole rings is 1. The van der Waals surface area contributed by atoms with Crippen LogP contribution in [0.25, 0.3) is 11.1 Å². The van der Waals surface area contributed by atoms with E-state index in [0.717, 1.165) is 25.7 Å². The van der Waals surface area contributed by atoms with E-state index in [1.165, 1.54) is 12.1 Å². The predicted molar refractivity (Wildman–Crippen MR) is 100 cm³/mol. The van der Waals surface area contributed by atoms with Crippen LogP contribution >= 0.6 is 0 Å². The van der Waals surface area contributed by atoms with Gasteiger partial charge in [0.2, 0.25) is 10.0 Å². The smallest absolute Gasteiger partial charge is 0.295 e. The summed E-state index contributed by atoms with van der Waals surface area (Å²) in [5, 5.41) is 2.91. The predicted octanol–water partition coefficient (Wildman–Crippen LogP) is 3.66. The Morgan fingerprint density at radius 3 is 2.73 bits per heavy atom. The van der Waals surface area contributed by atoms with Crippen LogP contribution in [0.1, 0.15) is 46.0 Å². The van der Waals surface area contributed by atoms with E-state index in [0.29, 0.717) is 36.0 Å². The maximum atomic E-state index is 13.2. The van der Waals surface area contributed by atoms with E-state index in [9.17, 15) is 12.8 Å². The number of hydrogen-bond donors (Lipinski definition) is 2. The molecule has 1 aliphatic rings. The minimum Gasteiger partial charge on any atom is -0.424 e. The van der Waals surface area contributed by atoms with E-state index in [4.69, 9.17) is 4.42 Å². The minimum atomic E-state index is -3.21. The monoisotopic (exact) mass is 383 g/mol. The Kier molecular flexibility index (Phi) is 5.82. The van der Waals surface area contributed by atoms with Gasteiger partial charge in [0, 0.05) is 18.7 Å². The first-order valence-corrected chi connectivity index (χ1v) is 10.7. The van der Waals surface area contributed by atoms with Crippen molar-refractivity contribution in [3.63, 3.8) is 0 Å². The molecule has 0 radical (unpaired) electrons. The van der Waals surface area contributed by atoms with Crippen LogP contribution in [-0.2, 0) is 10.0 Å². The fraction of sp³-hybridized carbons (Fsp3) is 0.611. The first kappa shape index (κ1) is 19.1. The van der Waals surface area contributed by atoms with Crippen LogP contribution in [-0.4, -0.2) is 31.2 Å². The lowest BCUT2D eigenvalue weighted by Crippen LogP contribution is -2.37. The summed E-state index contributed by atoms with van der Waals surface area (Å²) < 4.78 is 45.7. The topological polar surface area (TPSA) is 84.2 Å². The molecule has 144 valence electrons. The SMILES string of the molecule is CCC(C)S(=O)(=O)NC[C@H]1CC[C@H](Nc2nc3cc(F)ccc3o2)CC1. The summed E-state index contributed by atoms with van der Waals surface area (Å²) in [6, 6.07) is 4.91. The minimum absolute atomic E-state index is 0.232. The zero-order chi connectivity index (χ0) is 18.7. The van der Waals surface area contributed by atoms with Gasteiger partial charge < -0.3 is 9.73 Å². The average molecular weight is 383 g/mol. The van der Waals surface area contributed by atoms with Crippen molar-refractivity contribution in [3.8, 4) is 0 Å². The van der Waals surface area contributed by atoms with Crippen molar-refractivity contribution < 1.29 is 17.2 Å². The number of aromatic nitrogens is 1. The number of nitrogens with one attached hydrogen (secondary N) is 2. The Labute approximate surface area is 153 Å². The molecule has 1 saturated carbocycles. The first-order chi connectivity index (χ1) is 12.4. The van der Waals surface area contributed by atoms with Gasteiger partial charge >= 0.3 is 0 Å². The third kappa shape index (κ3) is 4.54. The van der Waals surface area contributed by atoms with Crippen LogP contribution in [0, 0.1) is 11.7 Å². The summed E-state index contributed by atoms with van der Waals surface area (Å²) in [6.45, 7) is 4.11. The second-order valence-electron chi connectivity index (χ2n) is 7.11. The number of fused-ring (bicyclic) bond motifs is 1. The van der Waals surface area contributed by atoms with Crippen molar-refractivity contribution in [1.29, 1.82) is 0 Å². The largest absolute Gasteiger partial charge is 0.424 e. The molecule has 0 bridgehead atoms. The van der Waals surface area contributed by atoms with Crippen LogP contribution in [0.5, 0.6) is 0 Å². The molecule has 8 heteroatoms. The fourth-order valence-corrected chi connectivity index (χ4v) is 4.43. The second-order valence-corrected chi connectivity index (χ2v) is 9.29. The van der Waals surface area contributed by atoms with Crippen LogP contribution in [0.15, 0.2) is 22.6 Å². The van der Waals surface area contributed by atoms with E-state index in [1.807, 2.05) is 6.92 Å². The lowest BCUT2D eigenvalue weighted by molar-refractivity contribution is 0.334. The molecule has 1 heterocycles. The Morgan fingerprint density at radius 2 is 2.04 bits per heavy atom. The van der Waals surface area contributed by atoms with Gasteiger partial charge in [0.05, 0.1) is 5.25 Å². The number of anilines is 1. The molecule has 6 nitrogen and oxygen atoms in total. The quantitative estimate of drug-likeness (QED) is 0.762. The summed E-state index contributed by atoms with van der Waals surface area (Å²) in [5.41, 5.74) is 1.06. The third-order valence-electron chi connectivity index (χ3n) is 5.20. The zero-order valence-electron chi connectivity index (χ0n) is 15.2. The highest BCUT2D eigenvalue weighted by Crippen LogP contribution is 2.27. The normalized spacial score (nSPS) is 22.4. The number of rotatable bonds is 7. The van der Waals surface area contributed by atoms with Crippen molar-refractivity contribution in [2.24, 2.45) is 5.92 Å². The summed E-state index contributed by atoms with van der Waals surface area (Å²) in [7, 11) is -3.21. The maximum Gasteiger partial charge on any atom is 0.295 e. The molecule has 1 atom stereocenters. The van der Waals surface area contributed by atoms with E-state index in [1.54, 1.807) is 13.0 Å². The lowest BCUT2D eigenvalue weighted by atomic mass is 9.86. The van der Waals surface area contributed by atoms with Gasteiger partial charge in [0.25, 0.3) is 6.01 Å². The number of benzene rings is 1. The van der Waals surface area contributed by atoms with Gasteiger partial charge in [-0.15, -0.1) is 0 Å². The molecule has 0 aliphatic heterocycles. The molecule has 1 aromatic carbocycles. The molecular weight excluding hydrogens is 357 g/mol. The Bertz CT molecular complexity index is 844. The van der Waals surface area contributed by atoms with Crippen molar-refractivity contribution in [2.75, 3.05) is 11.9 Å². The standard InChI is InChI=1S/C18H26FN3O3S/c1-3-12(2)26(23,24)20-11-13-4-7-15(8-5-13)21-18-22-16-10-14(19)6-9-17(16)25-18/h6,9-10,12-13,15,20H,3-5,7-8,11H2,1-2H3,(H,21,22)/t12?,13-,15-. The van der Waals surface area contributed by atoms with Crippen LogP contribution in [0.3, 0.4) is 0 Å². The highest BCUT2D eigenvalue weighted by atomic mass is 32.2. The molecule has 1 unspecified atom stereocenters. The maximum absolute atomic E-state index is 13.2. The Morgan fingerprint density at radius 1 is 1.31 bits per heavy atom. The van der Waals surface area contributed by atoms with Crippen molar-refractivity contribution in [3.05, 3.63) is 24.0 Å². The summed E-state index contributed by atoms with van der Waals surface area (Å²) in [4.78, 5) is 4.27. The zero-order valence-corrected chi connectivity index (χ0v) is 16.0. The summed E-state index contributed by atoms with van der Waals surface area (Å²) in [6.07, 6.45) is 4.33. The molecule has 0 spiro atoms. The third-order valence-corrected chi connectivity index (χ3v) is 7.16. The van der Waals surface area contributed by atoms with Gasteiger partial charge in [-0.25, -0.2) is 17.5 Å². The highest BCUT2D eigenvalue weighted by molar-refractivity contribution is 7.90. The molecule has 0 amide bonds. The number of sulfonamides is 1. The van der Waals surface area contributed by atoms with E-state index in [2.05, 4.69) is 15.0 Å². The molecular formula is C18H26FN3O3S. The van der Waals surface area contributed by atoms with Crippen LogP contribution in [0.4, 0.5) is 10.4 Å². The van der Waals surface area contributed by atoms with Gasteiger partial charge in [-0.2, -0.15) is 4.98 Å². The molecule has 0 saturated heterocycles. The Hall–Kier alpha value is -1.67. The molecule has 1 fully saturated rings. The summed E-state index contributed by atoms with van der Waals surface area (Å²) in [5.74, 6) is 0.0160. The molecule has 3 rings (SSSR count). The van der Waals surface area contributed by atoms with Crippen LogP contribution < -0.4 is 10.0 Å². The molecule has 26 heavy (non-hydrogen) atoms. The van der Waals surface area contributed by atoms with Gasteiger partial charge in [-0.05, 0) is 57.1 Å². The molecule has 1 aliphatic carbocycles. The molecule has 2 N–H and O–H groups in total. The lowest BCUT2D eigenvalue weighted by Gasteiger charge is -2.29. The first-order valence-electron chi connectivity index (χ1n) is 9.18. The average Bonchev–Trinajstić information content (AvgIpc) is 3.01. The van der Waals surface area contributed by atoms with Crippen molar-refractivity contribution in [2.45, 2.75) is 57.2 Å². The van der Waals surface area contributed by atoms with Gasteiger partial charge in [0.15, 0.2) is 5.58 Å². The van der Waals surface area contributed by atoms with Gasteiger partial charge in [0.1, 0.15) is 11.3 Å². The van der Waals surface area contributed by atoms with E-state index < -0.39 is 10.0 Å². The second kappa shape index (κ2) is 7.92. The van der Waals surface area contributed by atoms with E-state index >= 15 is 0 Å². The highest BCUT2D eigenvalue weighted by Gasteiger charge is 2.25. The number of nitrogens with zero attached hydrogens (tertiary/aromatic N) is 1.